The Kier molecular flexibility index (Phi) is 20.4. The molecule has 3 heteroatoms. The second-order valence-electron chi connectivity index (χ2n) is 0.0707. The van der Waals surface area contributed by atoms with Gasteiger partial charge in [-0.3, -0.25) is 0 Å². The van der Waals surface area contributed by atoms with Crippen LogP contribution in [0.1, 0.15) is 0 Å². The summed E-state index contributed by atoms with van der Waals surface area (Å²) in [5.41, 5.74) is 0. The van der Waals surface area contributed by atoms with Gasteiger partial charge in [0.15, 0.2) is 0 Å². The van der Waals surface area contributed by atoms with Crippen molar-refractivity contribution in [1.82, 2.24) is 0 Å². The van der Waals surface area contributed by atoms with Crippen molar-refractivity contribution in [3.8, 4) is 4.46 Å². The predicted molar refractivity (Wildman–Crippen MR) is 14.2 cm³/mol. The zero-order valence-corrected chi connectivity index (χ0v) is 3.54. The standard InChI is InChI=1S/CN.Ba.Pt.2H/c1-2;;;;. The molecular weight excluding hydrogens is 358 g/mol. The third kappa shape index (κ3) is 9.26. The van der Waals surface area contributed by atoms with E-state index in [0.717, 1.165) is 0 Å². The van der Waals surface area contributed by atoms with Crippen molar-refractivity contribution in [2.45, 2.75) is 0 Å². The molecule has 0 aliphatic heterocycles. The summed E-state index contributed by atoms with van der Waals surface area (Å²) in [7, 11) is 0. The number of hydrogen-bond donors (Lipinski definition) is 0. The monoisotopic (exact) mass is 361 g/mol. The first-order valence-corrected chi connectivity index (χ1v) is 1.52. The Balaban J connectivity index is 0. The molecule has 0 aliphatic carbocycles. The summed E-state index contributed by atoms with van der Waals surface area (Å²) in [5.74, 6) is 0. The minimum atomic E-state index is 0. The van der Waals surface area contributed by atoms with Gasteiger partial charge in [-0.2, -0.15) is 0 Å². The van der Waals surface area contributed by atoms with Crippen molar-refractivity contribution in [2.75, 3.05) is 0 Å². The molecule has 0 rings (SSSR count). The number of nitrogens with zero attached hydrogens (tertiary/aromatic N) is 1. The molecule has 0 heterocycles. The molecule has 0 saturated carbocycles. The van der Waals surface area contributed by atoms with Gasteiger partial charge in [-0.25, -0.2) is 0 Å². The van der Waals surface area contributed by atoms with Crippen LogP contribution in [0.4, 0.5) is 0 Å². The second kappa shape index (κ2) is 8.83. The fourth-order valence-electron chi connectivity index (χ4n) is 0. The molecule has 1 nitrogen and oxygen atoms in total. The maximum absolute atomic E-state index is 7.31. The van der Waals surface area contributed by atoms with Gasteiger partial charge >= 0.3 is 78.4 Å². The predicted octanol–water partition coefficient (Wildman–Crippen LogP) is -0.902. The second-order valence-corrected chi connectivity index (χ2v) is 0.579. The van der Waals surface area contributed by atoms with E-state index in [9.17, 15) is 0 Å². The summed E-state index contributed by atoms with van der Waals surface area (Å²) >= 11 is 1.58. The van der Waals surface area contributed by atoms with Gasteiger partial charge in [-0.15, -0.1) is 0 Å². The molecule has 0 atom stereocenters. The molecule has 0 aromatic heterocycles. The van der Waals surface area contributed by atoms with E-state index < -0.39 is 0 Å². The van der Waals surface area contributed by atoms with Crippen molar-refractivity contribution in [2.24, 2.45) is 0 Å². The van der Waals surface area contributed by atoms with Crippen LogP contribution in [0.2, 0.25) is 0 Å². The first kappa shape index (κ1) is 9.23. The first-order valence-electron chi connectivity index (χ1n) is 0.382. The van der Waals surface area contributed by atoms with Gasteiger partial charge in [0.05, 0.1) is 0 Å². The topological polar surface area (TPSA) is 23.8 Å². The zero-order valence-electron chi connectivity index (χ0n) is 1.26. The van der Waals surface area contributed by atoms with E-state index >= 15 is 0 Å². The summed E-state index contributed by atoms with van der Waals surface area (Å²) in [6.07, 6.45) is 0. The molecule has 0 unspecified atom stereocenters. The summed E-state index contributed by atoms with van der Waals surface area (Å²) < 4.78 is 1.72. The Bertz CT molecular complexity index is 29.5. The molecule has 23 valence electrons. The average Bonchev–Trinajstić information content (AvgIpc) is 0.918. The zero-order chi connectivity index (χ0) is 2.71. The Labute approximate surface area is 76.7 Å². The molecular formula is CH2BaNPt. The quantitative estimate of drug-likeness (QED) is 0.514. The molecule has 0 bridgehead atoms. The van der Waals surface area contributed by atoms with Crippen LogP contribution < -0.4 is 0 Å². The Morgan fingerprint density at radius 1 is 1.75 bits per heavy atom. The average molecular weight is 360 g/mol. The van der Waals surface area contributed by atoms with Crippen molar-refractivity contribution in [3.63, 3.8) is 0 Å². The van der Waals surface area contributed by atoms with E-state index in [4.69, 9.17) is 5.26 Å². The Morgan fingerprint density at radius 2 is 1.75 bits per heavy atom. The van der Waals surface area contributed by atoms with Crippen LogP contribution in [0.5, 0.6) is 0 Å². The van der Waals surface area contributed by atoms with Crippen LogP contribution in [-0.4, -0.2) is 48.9 Å². The third-order valence-corrected chi connectivity index (χ3v) is 0. The van der Waals surface area contributed by atoms with Crippen molar-refractivity contribution >= 4 is 48.9 Å². The fraction of sp³-hybridized carbons (Fsp3) is 0. The molecule has 4 heavy (non-hydrogen) atoms. The van der Waals surface area contributed by atoms with Crippen LogP contribution >= 0.6 is 0 Å². The number of nitriles is 1. The number of rotatable bonds is 0. The summed E-state index contributed by atoms with van der Waals surface area (Å²) in [6, 6.07) is 0. The van der Waals surface area contributed by atoms with E-state index in [2.05, 4.69) is 0 Å². The van der Waals surface area contributed by atoms with Crippen molar-refractivity contribution in [3.05, 3.63) is 0 Å². The van der Waals surface area contributed by atoms with E-state index in [1.54, 1.807) is 24.3 Å². The molecule has 0 N–H and O–H groups in total. The molecule has 0 spiro atoms. The molecule has 0 fully saturated rings. The number of hydrogen-bond acceptors (Lipinski definition) is 1. The molecule has 0 aliphatic rings. The summed E-state index contributed by atoms with van der Waals surface area (Å²) in [6.45, 7) is 0. The maximum atomic E-state index is 7.31. The van der Waals surface area contributed by atoms with Gasteiger partial charge in [0.2, 0.25) is 0 Å². The Morgan fingerprint density at radius 3 is 1.75 bits per heavy atom. The summed E-state index contributed by atoms with van der Waals surface area (Å²) in [5, 5.41) is 7.31. The van der Waals surface area contributed by atoms with Crippen LogP contribution in [0.3, 0.4) is 0 Å². The van der Waals surface area contributed by atoms with Gasteiger partial charge in [0.25, 0.3) is 0 Å². The molecule has 0 amide bonds. The van der Waals surface area contributed by atoms with Gasteiger partial charge in [0.1, 0.15) is 0 Å². The SMILES string of the molecule is N#[C][Pt].[BaH2]. The van der Waals surface area contributed by atoms with E-state index in [0.29, 0.717) is 0 Å². The molecule has 0 aromatic rings. The van der Waals surface area contributed by atoms with Gasteiger partial charge < -0.3 is 0 Å². The summed E-state index contributed by atoms with van der Waals surface area (Å²) in [4.78, 5) is 0. The van der Waals surface area contributed by atoms with E-state index in [-0.39, 0.29) is 48.9 Å². The van der Waals surface area contributed by atoms with E-state index in [1.807, 2.05) is 0 Å². The molecule has 0 saturated heterocycles. The van der Waals surface area contributed by atoms with Crippen LogP contribution in [0, 0.1) is 9.72 Å². The van der Waals surface area contributed by atoms with Crippen molar-refractivity contribution < 1.29 is 19.8 Å². The van der Waals surface area contributed by atoms with Crippen molar-refractivity contribution in [1.29, 1.82) is 5.26 Å². The normalized spacial score (nSPS) is 2.25. The third-order valence-electron chi connectivity index (χ3n) is 0. The van der Waals surface area contributed by atoms with Gasteiger partial charge in [-0.05, 0) is 0 Å². The molecule has 0 aromatic carbocycles. The van der Waals surface area contributed by atoms with E-state index in [1.165, 1.54) is 0 Å². The fourth-order valence-corrected chi connectivity index (χ4v) is 0. The van der Waals surface area contributed by atoms with Gasteiger partial charge in [-0.1, -0.05) is 0 Å². The Hall–Kier alpha value is 1.75. The minimum absolute atomic E-state index is 0. The van der Waals surface area contributed by atoms with Gasteiger partial charge in [0, 0.05) is 0 Å². The van der Waals surface area contributed by atoms with Crippen LogP contribution in [-0.2, 0) is 19.8 Å². The first-order chi connectivity index (χ1) is 1.41. The molecule has 0 radical (unpaired) electrons. The van der Waals surface area contributed by atoms with Crippen LogP contribution in [0.25, 0.3) is 0 Å². The van der Waals surface area contributed by atoms with Crippen LogP contribution in [0.15, 0.2) is 0 Å².